The van der Waals surface area contributed by atoms with Crippen LogP contribution in [0.25, 0.3) is 0 Å². The van der Waals surface area contributed by atoms with E-state index in [1.54, 1.807) is 11.3 Å². The number of nitrogens with one attached hydrogen (secondary N) is 1. The van der Waals surface area contributed by atoms with Crippen LogP contribution in [0.2, 0.25) is 0 Å². The van der Waals surface area contributed by atoms with E-state index in [-0.39, 0.29) is 11.3 Å². The van der Waals surface area contributed by atoms with E-state index in [1.807, 2.05) is 18.4 Å². The summed E-state index contributed by atoms with van der Waals surface area (Å²) >= 11 is 1.63. The summed E-state index contributed by atoms with van der Waals surface area (Å²) < 4.78 is 0. The molecule has 2 nitrogen and oxygen atoms in total. The van der Waals surface area contributed by atoms with E-state index in [4.69, 9.17) is 0 Å². The predicted molar refractivity (Wildman–Crippen MR) is 65.8 cm³/mol. The largest absolute Gasteiger partial charge is 0.312 e. The highest BCUT2D eigenvalue weighted by Gasteiger charge is 2.12. The van der Waals surface area contributed by atoms with Crippen LogP contribution in [0, 0.1) is 6.92 Å². The van der Waals surface area contributed by atoms with E-state index in [2.05, 4.69) is 26.1 Å². The van der Waals surface area contributed by atoms with Gasteiger partial charge in [-0.05, 0) is 39.1 Å². The van der Waals surface area contributed by atoms with Crippen molar-refractivity contribution >= 4 is 17.1 Å². The Labute approximate surface area is 95.7 Å². The first-order valence-corrected chi connectivity index (χ1v) is 6.10. The van der Waals surface area contributed by atoms with Crippen LogP contribution in [-0.2, 0) is 0 Å². The molecule has 3 heteroatoms. The third-order valence-corrected chi connectivity index (χ3v) is 3.01. The molecule has 84 valence electrons. The molecule has 0 bridgehead atoms. The van der Waals surface area contributed by atoms with Crippen LogP contribution < -0.4 is 5.32 Å². The normalized spacial score (nSPS) is 11.7. The molecule has 0 aliphatic carbocycles. The molecule has 1 aromatic heterocycles. The Morgan fingerprint density at radius 1 is 1.47 bits per heavy atom. The van der Waals surface area contributed by atoms with Gasteiger partial charge in [-0.15, -0.1) is 11.3 Å². The van der Waals surface area contributed by atoms with E-state index in [1.165, 1.54) is 0 Å². The highest BCUT2D eigenvalue weighted by Crippen LogP contribution is 2.16. The van der Waals surface area contributed by atoms with Crippen LogP contribution in [0.4, 0.5) is 0 Å². The number of Topliss-reactive ketones (excluding diaryl/α,β-unsaturated/α-hetero) is 1. The van der Waals surface area contributed by atoms with Gasteiger partial charge in [-0.1, -0.05) is 0 Å². The number of hydrogen-bond donors (Lipinski definition) is 1. The molecule has 0 fully saturated rings. The van der Waals surface area contributed by atoms with Crippen LogP contribution in [0.5, 0.6) is 0 Å². The predicted octanol–water partition coefficient (Wildman–Crippen LogP) is 3.02. The summed E-state index contributed by atoms with van der Waals surface area (Å²) in [6.45, 7) is 9.06. The first kappa shape index (κ1) is 12.4. The molecule has 15 heavy (non-hydrogen) atoms. The lowest BCUT2D eigenvalue weighted by Gasteiger charge is -2.20. The van der Waals surface area contributed by atoms with E-state index in [0.29, 0.717) is 6.42 Å². The van der Waals surface area contributed by atoms with Crippen LogP contribution in [0.3, 0.4) is 0 Å². The first-order valence-electron chi connectivity index (χ1n) is 5.22. The lowest BCUT2D eigenvalue weighted by molar-refractivity contribution is 0.0980. The molecule has 0 amide bonds. The topological polar surface area (TPSA) is 29.1 Å². The monoisotopic (exact) mass is 225 g/mol. The molecule has 0 aliphatic heterocycles. The van der Waals surface area contributed by atoms with Gasteiger partial charge in [-0.3, -0.25) is 4.79 Å². The second-order valence-corrected chi connectivity index (χ2v) is 5.86. The standard InChI is InChI=1S/C12H19NOS/c1-9-10(6-8-15-9)11(14)5-7-13-12(2,3)4/h6,8,13H,5,7H2,1-4H3. The Kier molecular flexibility index (Phi) is 4.05. The second-order valence-electron chi connectivity index (χ2n) is 4.74. The SMILES string of the molecule is Cc1sccc1C(=O)CCNC(C)(C)C. The maximum atomic E-state index is 11.8. The molecule has 0 atom stereocenters. The lowest BCUT2D eigenvalue weighted by atomic mass is 10.1. The average molecular weight is 225 g/mol. The van der Waals surface area contributed by atoms with Gasteiger partial charge >= 0.3 is 0 Å². The number of carbonyl (C=O) groups excluding carboxylic acids is 1. The molecule has 1 rings (SSSR count). The minimum Gasteiger partial charge on any atom is -0.312 e. The maximum absolute atomic E-state index is 11.8. The van der Waals surface area contributed by atoms with Crippen molar-refractivity contribution in [2.24, 2.45) is 0 Å². The molecule has 0 aliphatic rings. The van der Waals surface area contributed by atoms with Gasteiger partial charge in [-0.25, -0.2) is 0 Å². The molecular weight excluding hydrogens is 206 g/mol. The number of thiophene rings is 1. The van der Waals surface area contributed by atoms with Crippen LogP contribution in [-0.4, -0.2) is 17.9 Å². The fourth-order valence-electron chi connectivity index (χ4n) is 1.36. The lowest BCUT2D eigenvalue weighted by Crippen LogP contribution is -2.37. The number of ketones is 1. The number of carbonyl (C=O) groups is 1. The van der Waals surface area contributed by atoms with Crippen LogP contribution in [0.1, 0.15) is 42.4 Å². The molecule has 1 N–H and O–H groups in total. The third-order valence-electron chi connectivity index (χ3n) is 2.17. The molecular formula is C12H19NOS. The van der Waals surface area contributed by atoms with Gasteiger partial charge in [0, 0.05) is 28.9 Å². The number of aryl methyl sites for hydroxylation is 1. The Morgan fingerprint density at radius 2 is 2.13 bits per heavy atom. The van der Waals surface area contributed by atoms with Gasteiger partial charge in [0.15, 0.2) is 5.78 Å². The Bertz CT molecular complexity index is 336. The van der Waals surface area contributed by atoms with Crippen molar-refractivity contribution in [3.05, 3.63) is 21.9 Å². The first-order chi connectivity index (χ1) is 6.90. The summed E-state index contributed by atoms with van der Waals surface area (Å²) in [5, 5.41) is 5.29. The Morgan fingerprint density at radius 3 is 2.60 bits per heavy atom. The summed E-state index contributed by atoms with van der Waals surface area (Å²) in [7, 11) is 0. The zero-order valence-electron chi connectivity index (χ0n) is 9.89. The summed E-state index contributed by atoms with van der Waals surface area (Å²) in [5.41, 5.74) is 0.972. The van der Waals surface area contributed by atoms with Crippen molar-refractivity contribution in [3.63, 3.8) is 0 Å². The van der Waals surface area contributed by atoms with Crippen molar-refractivity contribution in [2.75, 3.05) is 6.54 Å². The van der Waals surface area contributed by atoms with Crippen molar-refractivity contribution in [1.29, 1.82) is 0 Å². The molecule has 0 saturated heterocycles. The average Bonchev–Trinajstić information content (AvgIpc) is 2.48. The van der Waals surface area contributed by atoms with Crippen molar-refractivity contribution < 1.29 is 4.79 Å². The van der Waals surface area contributed by atoms with Gasteiger partial charge in [0.1, 0.15) is 0 Å². The summed E-state index contributed by atoms with van der Waals surface area (Å²) in [6, 6.07) is 1.92. The Balaban J connectivity index is 2.41. The summed E-state index contributed by atoms with van der Waals surface area (Å²) in [4.78, 5) is 12.9. The molecule has 0 unspecified atom stereocenters. The van der Waals surface area contributed by atoms with Gasteiger partial charge in [0.25, 0.3) is 0 Å². The number of rotatable bonds is 4. The van der Waals surface area contributed by atoms with E-state index >= 15 is 0 Å². The molecule has 0 saturated carbocycles. The van der Waals surface area contributed by atoms with Gasteiger partial charge in [0.2, 0.25) is 0 Å². The fourth-order valence-corrected chi connectivity index (χ4v) is 2.08. The highest BCUT2D eigenvalue weighted by molar-refractivity contribution is 7.10. The van der Waals surface area contributed by atoms with Gasteiger partial charge < -0.3 is 5.32 Å². The zero-order valence-corrected chi connectivity index (χ0v) is 10.7. The molecule has 0 spiro atoms. The molecule has 1 aromatic rings. The van der Waals surface area contributed by atoms with E-state index in [9.17, 15) is 4.79 Å². The number of hydrogen-bond acceptors (Lipinski definition) is 3. The minimum absolute atomic E-state index is 0.0873. The van der Waals surface area contributed by atoms with Crippen molar-refractivity contribution in [2.45, 2.75) is 39.7 Å². The van der Waals surface area contributed by atoms with E-state index in [0.717, 1.165) is 17.0 Å². The van der Waals surface area contributed by atoms with E-state index < -0.39 is 0 Å². The smallest absolute Gasteiger partial charge is 0.165 e. The Hall–Kier alpha value is -0.670. The van der Waals surface area contributed by atoms with Crippen LogP contribution >= 0.6 is 11.3 Å². The second kappa shape index (κ2) is 4.90. The highest BCUT2D eigenvalue weighted by atomic mass is 32.1. The van der Waals surface area contributed by atoms with Gasteiger partial charge in [-0.2, -0.15) is 0 Å². The summed E-state index contributed by atoms with van der Waals surface area (Å²) in [6.07, 6.45) is 0.578. The third kappa shape index (κ3) is 4.14. The van der Waals surface area contributed by atoms with Crippen molar-refractivity contribution in [3.8, 4) is 0 Å². The quantitative estimate of drug-likeness (QED) is 0.798. The zero-order chi connectivity index (χ0) is 11.5. The van der Waals surface area contributed by atoms with Crippen LogP contribution in [0.15, 0.2) is 11.4 Å². The molecule has 0 aromatic carbocycles. The van der Waals surface area contributed by atoms with Gasteiger partial charge in [0.05, 0.1) is 0 Å². The molecule has 0 radical (unpaired) electrons. The fraction of sp³-hybridized carbons (Fsp3) is 0.583. The molecule has 1 heterocycles. The van der Waals surface area contributed by atoms with Crippen molar-refractivity contribution in [1.82, 2.24) is 5.32 Å². The maximum Gasteiger partial charge on any atom is 0.165 e. The minimum atomic E-state index is 0.0873. The summed E-state index contributed by atoms with van der Waals surface area (Å²) in [5.74, 6) is 0.241.